The van der Waals surface area contributed by atoms with Crippen LogP contribution in [-0.2, 0) is 14.3 Å². The van der Waals surface area contributed by atoms with Crippen molar-refractivity contribution in [3.05, 3.63) is 36.2 Å². The van der Waals surface area contributed by atoms with E-state index in [2.05, 4.69) is 15.5 Å². The highest BCUT2D eigenvalue weighted by Crippen LogP contribution is 2.22. The zero-order valence-electron chi connectivity index (χ0n) is 14.6. The van der Waals surface area contributed by atoms with Gasteiger partial charge in [-0.2, -0.15) is 0 Å². The molecule has 1 aliphatic rings. The number of carbonyl (C=O) groups excluding carboxylic acids is 3. The first-order valence-corrected chi connectivity index (χ1v) is 8.00. The normalized spacial score (nSPS) is 17.1. The van der Waals surface area contributed by atoms with E-state index in [9.17, 15) is 14.4 Å². The molecule has 0 spiro atoms. The molecular weight excluding hydrogens is 340 g/mol. The van der Waals surface area contributed by atoms with E-state index in [1.807, 2.05) is 30.3 Å². The van der Waals surface area contributed by atoms with Gasteiger partial charge < -0.3 is 14.5 Å². The minimum Gasteiger partial charge on any atom is -0.451 e. The molecule has 136 valence electrons. The Balaban J connectivity index is 1.62. The molecule has 1 saturated heterocycles. The fraction of sp³-hybridized carbons (Fsp3) is 0.353. The number of imide groups is 1. The van der Waals surface area contributed by atoms with Gasteiger partial charge in [-0.3, -0.25) is 14.5 Å². The predicted molar refractivity (Wildman–Crippen MR) is 88.6 cm³/mol. The van der Waals surface area contributed by atoms with Crippen LogP contribution in [0.25, 0.3) is 11.5 Å². The lowest BCUT2D eigenvalue weighted by molar-refractivity contribution is -0.152. The summed E-state index contributed by atoms with van der Waals surface area (Å²) < 4.78 is 10.7. The Bertz CT molecular complexity index is 846. The molecule has 0 aliphatic carbocycles. The number of hydrogen-bond donors (Lipinski definition) is 1. The maximum atomic E-state index is 12.1. The van der Waals surface area contributed by atoms with E-state index in [0.717, 1.165) is 10.5 Å². The first-order chi connectivity index (χ1) is 12.3. The monoisotopic (exact) mass is 358 g/mol. The molecule has 0 saturated carbocycles. The van der Waals surface area contributed by atoms with Crippen LogP contribution in [0.1, 0.15) is 32.8 Å². The summed E-state index contributed by atoms with van der Waals surface area (Å²) in [6.07, 6.45) is -0.818. The Kier molecular flexibility index (Phi) is 4.45. The molecule has 2 aromatic rings. The average molecular weight is 358 g/mol. The van der Waals surface area contributed by atoms with E-state index in [0.29, 0.717) is 5.89 Å². The molecule has 9 heteroatoms. The molecule has 2 heterocycles. The summed E-state index contributed by atoms with van der Waals surface area (Å²) in [5.74, 6) is -0.816. The smallest absolute Gasteiger partial charge is 0.327 e. The van der Waals surface area contributed by atoms with Crippen molar-refractivity contribution < 1.29 is 23.5 Å². The Morgan fingerprint density at radius 2 is 1.96 bits per heavy atom. The third-order valence-corrected chi connectivity index (χ3v) is 3.85. The number of rotatable bonds is 5. The largest absolute Gasteiger partial charge is 0.451 e. The van der Waals surface area contributed by atoms with E-state index in [-0.39, 0.29) is 5.89 Å². The van der Waals surface area contributed by atoms with Gasteiger partial charge in [-0.25, -0.2) is 4.79 Å². The zero-order chi connectivity index (χ0) is 18.9. The standard InChI is InChI=1S/C17H18N4O5/c1-10(13-19-20-14(26-13)11-7-5-4-6-8-11)25-12(22)9-21-15(23)17(2,3)18-16(21)24/h4-8,10H,9H2,1-3H3,(H,18,24)/t10-/m1/s1. The van der Waals surface area contributed by atoms with Gasteiger partial charge >= 0.3 is 12.0 Å². The lowest BCUT2D eigenvalue weighted by Crippen LogP contribution is -2.41. The average Bonchev–Trinajstić information content (AvgIpc) is 3.15. The molecule has 0 unspecified atom stereocenters. The summed E-state index contributed by atoms with van der Waals surface area (Å²) in [4.78, 5) is 36.8. The van der Waals surface area contributed by atoms with Crippen molar-refractivity contribution in [1.82, 2.24) is 20.4 Å². The van der Waals surface area contributed by atoms with Crippen LogP contribution in [-0.4, -0.2) is 45.1 Å². The zero-order valence-corrected chi connectivity index (χ0v) is 14.6. The van der Waals surface area contributed by atoms with E-state index in [1.54, 1.807) is 20.8 Å². The van der Waals surface area contributed by atoms with Crippen molar-refractivity contribution in [2.24, 2.45) is 0 Å². The second-order valence-electron chi connectivity index (χ2n) is 6.39. The molecule has 0 bridgehead atoms. The predicted octanol–water partition coefficient (Wildman–Crippen LogP) is 1.67. The lowest BCUT2D eigenvalue weighted by Gasteiger charge is -2.16. The minimum atomic E-state index is -1.04. The first kappa shape index (κ1) is 17.6. The van der Waals surface area contributed by atoms with Crippen LogP contribution in [0.2, 0.25) is 0 Å². The van der Waals surface area contributed by atoms with Crippen molar-refractivity contribution in [3.63, 3.8) is 0 Å². The molecule has 9 nitrogen and oxygen atoms in total. The third-order valence-electron chi connectivity index (χ3n) is 3.85. The van der Waals surface area contributed by atoms with Crippen LogP contribution in [0.5, 0.6) is 0 Å². The SMILES string of the molecule is C[C@@H](OC(=O)CN1C(=O)NC(C)(C)C1=O)c1nnc(-c2ccccc2)o1. The van der Waals surface area contributed by atoms with Crippen LogP contribution < -0.4 is 5.32 Å². The maximum Gasteiger partial charge on any atom is 0.327 e. The van der Waals surface area contributed by atoms with Crippen LogP contribution in [0.3, 0.4) is 0 Å². The summed E-state index contributed by atoms with van der Waals surface area (Å²) in [7, 11) is 0. The second-order valence-corrected chi connectivity index (χ2v) is 6.39. The van der Waals surface area contributed by atoms with Gasteiger partial charge in [0, 0.05) is 5.56 Å². The van der Waals surface area contributed by atoms with Crippen molar-refractivity contribution in [2.45, 2.75) is 32.4 Å². The molecule has 1 aromatic carbocycles. The Morgan fingerprint density at radius 3 is 2.58 bits per heavy atom. The molecule has 1 aromatic heterocycles. The molecular formula is C17H18N4O5. The molecule has 1 N–H and O–H groups in total. The quantitative estimate of drug-likeness (QED) is 0.638. The highest BCUT2D eigenvalue weighted by atomic mass is 16.6. The maximum absolute atomic E-state index is 12.1. The van der Waals surface area contributed by atoms with Gasteiger partial charge in [-0.05, 0) is 32.9 Å². The molecule has 1 aliphatic heterocycles. The summed E-state index contributed by atoms with van der Waals surface area (Å²) in [6.45, 7) is 4.20. The van der Waals surface area contributed by atoms with Gasteiger partial charge in [0.1, 0.15) is 12.1 Å². The number of ether oxygens (including phenoxy) is 1. The number of esters is 1. The summed E-state index contributed by atoms with van der Waals surface area (Å²) in [5.41, 5.74) is -0.300. The van der Waals surface area contributed by atoms with E-state index in [4.69, 9.17) is 9.15 Å². The summed E-state index contributed by atoms with van der Waals surface area (Å²) in [5, 5.41) is 10.3. The van der Waals surface area contributed by atoms with E-state index >= 15 is 0 Å². The van der Waals surface area contributed by atoms with Gasteiger partial charge in [0.2, 0.25) is 5.89 Å². The number of amides is 3. The Labute approximate surface area is 149 Å². The molecule has 3 rings (SSSR count). The van der Waals surface area contributed by atoms with E-state index < -0.39 is 36.1 Å². The summed E-state index contributed by atoms with van der Waals surface area (Å²) >= 11 is 0. The number of nitrogens with zero attached hydrogens (tertiary/aromatic N) is 3. The van der Waals surface area contributed by atoms with Crippen molar-refractivity contribution >= 4 is 17.9 Å². The Hall–Kier alpha value is -3.23. The van der Waals surface area contributed by atoms with Crippen molar-refractivity contribution in [2.75, 3.05) is 6.54 Å². The fourth-order valence-electron chi connectivity index (χ4n) is 2.47. The third kappa shape index (κ3) is 3.41. The number of aromatic nitrogens is 2. The van der Waals surface area contributed by atoms with Gasteiger partial charge in [0.05, 0.1) is 0 Å². The number of urea groups is 1. The van der Waals surface area contributed by atoms with Crippen molar-refractivity contribution in [3.8, 4) is 11.5 Å². The molecule has 1 fully saturated rings. The molecule has 3 amide bonds. The lowest BCUT2D eigenvalue weighted by atomic mass is 10.1. The van der Waals surface area contributed by atoms with Crippen LogP contribution >= 0.6 is 0 Å². The van der Waals surface area contributed by atoms with Gasteiger partial charge in [0.25, 0.3) is 11.8 Å². The van der Waals surface area contributed by atoms with Gasteiger partial charge in [-0.15, -0.1) is 10.2 Å². The number of hydrogen-bond acceptors (Lipinski definition) is 7. The van der Waals surface area contributed by atoms with Crippen LogP contribution in [0.4, 0.5) is 4.79 Å². The fourth-order valence-corrected chi connectivity index (χ4v) is 2.47. The van der Waals surface area contributed by atoms with E-state index in [1.165, 1.54) is 0 Å². The number of nitrogens with one attached hydrogen (secondary N) is 1. The first-order valence-electron chi connectivity index (χ1n) is 8.00. The highest BCUT2D eigenvalue weighted by Gasteiger charge is 2.45. The van der Waals surface area contributed by atoms with Crippen LogP contribution in [0, 0.1) is 0 Å². The Morgan fingerprint density at radius 1 is 1.27 bits per heavy atom. The van der Waals surface area contributed by atoms with Gasteiger partial charge in [-0.1, -0.05) is 18.2 Å². The minimum absolute atomic E-state index is 0.120. The van der Waals surface area contributed by atoms with Gasteiger partial charge in [0.15, 0.2) is 6.10 Å². The molecule has 0 radical (unpaired) electrons. The molecule has 1 atom stereocenters. The summed E-state index contributed by atoms with van der Waals surface area (Å²) in [6, 6.07) is 8.53. The molecule has 26 heavy (non-hydrogen) atoms. The second kappa shape index (κ2) is 6.58. The number of carbonyl (C=O) groups is 3. The van der Waals surface area contributed by atoms with Crippen LogP contribution in [0.15, 0.2) is 34.7 Å². The van der Waals surface area contributed by atoms with Crippen molar-refractivity contribution in [1.29, 1.82) is 0 Å². The topological polar surface area (TPSA) is 115 Å². The number of benzene rings is 1. The highest BCUT2D eigenvalue weighted by molar-refractivity contribution is 6.08.